The first-order valence-electron chi connectivity index (χ1n) is 5.92. The van der Waals surface area contributed by atoms with Crippen LogP contribution in [0.1, 0.15) is 0 Å². The van der Waals surface area contributed by atoms with Crippen LogP contribution in [-0.2, 0) is 0 Å². The highest BCUT2D eigenvalue weighted by atomic mass is 35.5. The van der Waals surface area contributed by atoms with Crippen LogP contribution in [0.3, 0.4) is 0 Å². The molecule has 21 heavy (non-hydrogen) atoms. The van der Waals surface area contributed by atoms with Crippen molar-refractivity contribution < 1.29 is 13.6 Å². The van der Waals surface area contributed by atoms with Crippen molar-refractivity contribution in [2.24, 2.45) is 0 Å². The van der Waals surface area contributed by atoms with Crippen LogP contribution in [0, 0.1) is 0 Å². The van der Waals surface area contributed by atoms with Crippen LogP contribution in [0.2, 0.25) is 5.02 Å². The minimum Gasteiger partial charge on any atom is -0.308 e. The first-order chi connectivity index (χ1) is 10.0. The largest absolute Gasteiger partial charge is 0.323 e. The summed E-state index contributed by atoms with van der Waals surface area (Å²) in [6, 6.07) is 12.5. The number of nitrogens with one attached hydrogen (secondary N) is 2. The van der Waals surface area contributed by atoms with Gasteiger partial charge in [-0.1, -0.05) is 35.5 Å². The fourth-order valence-electron chi connectivity index (χ4n) is 1.57. The van der Waals surface area contributed by atoms with Gasteiger partial charge in [-0.25, -0.2) is 4.79 Å². The molecule has 7 heteroatoms. The Hall–Kier alpha value is -1.79. The fourth-order valence-corrected chi connectivity index (χ4v) is 2.25. The number of carbonyl (C=O) groups is 1. The summed E-state index contributed by atoms with van der Waals surface area (Å²) in [6.45, 7) is 0. The van der Waals surface area contributed by atoms with Crippen molar-refractivity contribution in [3.8, 4) is 0 Å². The van der Waals surface area contributed by atoms with E-state index in [1.807, 2.05) is 0 Å². The first-order valence-corrected chi connectivity index (χ1v) is 7.18. The van der Waals surface area contributed by atoms with E-state index in [0.29, 0.717) is 33.1 Å². The third kappa shape index (κ3) is 4.91. The van der Waals surface area contributed by atoms with Crippen LogP contribution < -0.4 is 10.6 Å². The molecule has 2 amide bonds. The van der Waals surface area contributed by atoms with Crippen LogP contribution in [0.5, 0.6) is 0 Å². The summed E-state index contributed by atoms with van der Waals surface area (Å²) in [5, 5.41) is 5.62. The maximum absolute atomic E-state index is 12.2. The lowest BCUT2D eigenvalue weighted by molar-refractivity contribution is 0.252. The first kappa shape index (κ1) is 15.6. The number of urea groups is 1. The number of hydrogen-bond acceptors (Lipinski definition) is 2. The van der Waals surface area contributed by atoms with Crippen molar-refractivity contribution in [3.05, 3.63) is 53.6 Å². The van der Waals surface area contributed by atoms with E-state index < -0.39 is 11.8 Å². The normalized spacial score (nSPS) is 10.5. The SMILES string of the molecule is O=C(Nc1ccc(SC(F)F)cc1)Nc1ccccc1Cl. The predicted molar refractivity (Wildman–Crippen MR) is 82.4 cm³/mol. The summed E-state index contributed by atoms with van der Waals surface area (Å²) in [5.74, 6) is -2.47. The highest BCUT2D eigenvalue weighted by Gasteiger charge is 2.07. The van der Waals surface area contributed by atoms with Crippen molar-refractivity contribution in [1.29, 1.82) is 0 Å². The molecule has 0 aliphatic carbocycles. The van der Waals surface area contributed by atoms with Crippen molar-refractivity contribution in [2.75, 3.05) is 10.6 Å². The summed E-state index contributed by atoms with van der Waals surface area (Å²) in [4.78, 5) is 12.2. The van der Waals surface area contributed by atoms with E-state index >= 15 is 0 Å². The van der Waals surface area contributed by atoms with Gasteiger partial charge in [-0.3, -0.25) is 0 Å². The number of para-hydroxylation sites is 1. The van der Waals surface area contributed by atoms with Crippen LogP contribution >= 0.6 is 23.4 Å². The Morgan fingerprint density at radius 1 is 1.05 bits per heavy atom. The van der Waals surface area contributed by atoms with Crippen molar-refractivity contribution >= 4 is 40.8 Å². The van der Waals surface area contributed by atoms with Gasteiger partial charge in [-0.15, -0.1) is 0 Å². The number of halogens is 3. The molecular weight excluding hydrogens is 318 g/mol. The van der Waals surface area contributed by atoms with Gasteiger partial charge in [0.25, 0.3) is 5.76 Å². The molecule has 0 aliphatic heterocycles. The summed E-state index contributed by atoms with van der Waals surface area (Å²) in [5.41, 5.74) is 0.986. The van der Waals surface area contributed by atoms with Crippen LogP contribution in [0.4, 0.5) is 25.0 Å². The fraction of sp³-hybridized carbons (Fsp3) is 0.0714. The van der Waals surface area contributed by atoms with Gasteiger partial charge < -0.3 is 10.6 Å². The highest BCUT2D eigenvalue weighted by Crippen LogP contribution is 2.26. The Morgan fingerprint density at radius 3 is 2.33 bits per heavy atom. The standard InChI is InChI=1S/C14H11ClF2N2OS/c15-11-3-1-2-4-12(11)19-14(20)18-9-5-7-10(8-6-9)21-13(16)17/h1-8,13H,(H2,18,19,20). The molecule has 0 aromatic heterocycles. The van der Waals surface area contributed by atoms with E-state index in [9.17, 15) is 13.6 Å². The molecule has 2 N–H and O–H groups in total. The Bertz CT molecular complexity index is 623. The number of amides is 2. The average Bonchev–Trinajstić information content (AvgIpc) is 2.43. The lowest BCUT2D eigenvalue weighted by atomic mass is 10.3. The van der Waals surface area contributed by atoms with Gasteiger partial charge >= 0.3 is 6.03 Å². The Morgan fingerprint density at radius 2 is 1.71 bits per heavy atom. The lowest BCUT2D eigenvalue weighted by Crippen LogP contribution is -2.19. The van der Waals surface area contributed by atoms with E-state index in [4.69, 9.17) is 11.6 Å². The molecule has 0 atom stereocenters. The molecule has 110 valence electrons. The van der Waals surface area contributed by atoms with Crippen molar-refractivity contribution in [2.45, 2.75) is 10.7 Å². The second kappa shape index (κ2) is 7.28. The van der Waals surface area contributed by atoms with E-state index in [2.05, 4.69) is 10.6 Å². The third-order valence-electron chi connectivity index (χ3n) is 2.46. The molecule has 2 aromatic rings. The molecule has 0 saturated heterocycles. The summed E-state index contributed by atoms with van der Waals surface area (Å²) >= 11 is 6.38. The Labute approximate surface area is 129 Å². The number of rotatable bonds is 4. The number of carbonyl (C=O) groups excluding carboxylic acids is 1. The predicted octanol–water partition coefficient (Wildman–Crippen LogP) is 5.30. The number of benzene rings is 2. The van der Waals surface area contributed by atoms with Crippen LogP contribution in [0.15, 0.2) is 53.4 Å². The number of hydrogen-bond donors (Lipinski definition) is 2. The number of thioether (sulfide) groups is 1. The molecular formula is C14H11ClF2N2OS. The molecule has 0 saturated carbocycles. The Balaban J connectivity index is 1.95. The summed E-state index contributed by atoms with van der Waals surface area (Å²) in [7, 11) is 0. The van der Waals surface area contributed by atoms with Crippen LogP contribution in [0.25, 0.3) is 0 Å². The highest BCUT2D eigenvalue weighted by molar-refractivity contribution is 7.99. The molecule has 0 bridgehead atoms. The molecule has 0 aliphatic rings. The third-order valence-corrected chi connectivity index (χ3v) is 3.51. The number of alkyl halides is 2. The summed E-state index contributed by atoms with van der Waals surface area (Å²) in [6.07, 6.45) is 0. The summed E-state index contributed by atoms with van der Waals surface area (Å²) < 4.78 is 24.4. The molecule has 0 radical (unpaired) electrons. The lowest BCUT2D eigenvalue weighted by Gasteiger charge is -2.09. The van der Waals surface area contributed by atoms with Crippen molar-refractivity contribution in [1.82, 2.24) is 0 Å². The molecule has 3 nitrogen and oxygen atoms in total. The molecule has 0 heterocycles. The molecule has 0 fully saturated rings. The topological polar surface area (TPSA) is 41.1 Å². The molecule has 2 aromatic carbocycles. The van der Waals surface area contributed by atoms with Gasteiger partial charge in [-0.2, -0.15) is 8.78 Å². The van der Waals surface area contributed by atoms with E-state index in [1.165, 1.54) is 12.1 Å². The van der Waals surface area contributed by atoms with E-state index in [-0.39, 0.29) is 0 Å². The minimum absolute atomic E-state index is 0.427. The molecule has 2 rings (SSSR count). The quantitative estimate of drug-likeness (QED) is 0.748. The average molecular weight is 329 g/mol. The van der Waals surface area contributed by atoms with E-state index in [1.54, 1.807) is 36.4 Å². The van der Waals surface area contributed by atoms with Gasteiger partial charge in [0, 0.05) is 10.6 Å². The monoisotopic (exact) mass is 328 g/mol. The maximum Gasteiger partial charge on any atom is 0.323 e. The number of anilines is 2. The second-order valence-electron chi connectivity index (χ2n) is 3.96. The maximum atomic E-state index is 12.2. The van der Waals surface area contributed by atoms with Gasteiger partial charge in [-0.05, 0) is 36.4 Å². The smallest absolute Gasteiger partial charge is 0.308 e. The zero-order chi connectivity index (χ0) is 15.2. The van der Waals surface area contributed by atoms with Gasteiger partial charge in [0.1, 0.15) is 0 Å². The van der Waals surface area contributed by atoms with Gasteiger partial charge in [0.15, 0.2) is 0 Å². The van der Waals surface area contributed by atoms with E-state index in [0.717, 1.165) is 0 Å². The zero-order valence-electron chi connectivity index (χ0n) is 10.6. The van der Waals surface area contributed by atoms with Gasteiger partial charge in [0.05, 0.1) is 10.7 Å². The molecule has 0 unspecified atom stereocenters. The second-order valence-corrected chi connectivity index (χ2v) is 5.43. The zero-order valence-corrected chi connectivity index (χ0v) is 12.2. The van der Waals surface area contributed by atoms with Crippen LogP contribution in [-0.4, -0.2) is 11.8 Å². The minimum atomic E-state index is -2.47. The Kier molecular flexibility index (Phi) is 5.41. The van der Waals surface area contributed by atoms with Crippen molar-refractivity contribution in [3.63, 3.8) is 0 Å². The van der Waals surface area contributed by atoms with Gasteiger partial charge in [0.2, 0.25) is 0 Å². The molecule has 0 spiro atoms.